The Hall–Kier alpha value is -7.10. The van der Waals surface area contributed by atoms with Gasteiger partial charge in [0, 0.05) is 33.7 Å². The van der Waals surface area contributed by atoms with Crippen molar-refractivity contribution in [3.8, 4) is 33.8 Å². The van der Waals surface area contributed by atoms with Crippen molar-refractivity contribution >= 4 is 38.8 Å². The molecule has 0 aliphatic heterocycles. The highest BCUT2D eigenvalue weighted by molar-refractivity contribution is 6.09. The van der Waals surface area contributed by atoms with Crippen LogP contribution < -0.4 is 0 Å². The van der Waals surface area contributed by atoms with Crippen LogP contribution in [-0.2, 0) is 5.41 Å². The van der Waals surface area contributed by atoms with Gasteiger partial charge in [0.25, 0.3) is 0 Å². The number of para-hydroxylation sites is 2. The van der Waals surface area contributed by atoms with Crippen molar-refractivity contribution in [2.75, 3.05) is 0 Å². The number of nitrogens with zero attached hydrogens (tertiary/aromatic N) is 3. The molecule has 10 rings (SSSR count). The quantitative estimate of drug-likeness (QED) is 0.156. The average Bonchev–Trinajstić information content (AvgIpc) is 3.73. The lowest BCUT2D eigenvalue weighted by atomic mass is 9.68. The molecule has 0 amide bonds. The minimum atomic E-state index is -0.786. The molecule has 0 N–H and O–H groups in total. The molecule has 1 aliphatic carbocycles. The fourth-order valence-electron chi connectivity index (χ4n) is 8.62. The molecule has 0 spiro atoms. The minimum absolute atomic E-state index is 0.689. The van der Waals surface area contributed by atoms with Gasteiger partial charge >= 0.3 is 0 Å². The maximum atomic E-state index is 5.61. The van der Waals surface area contributed by atoms with E-state index < -0.39 is 5.41 Å². The SMILES string of the molecule is C=C/C(=C\C=C\n1c2ccccc2c2ccccc21)C1(c2ccccc2)c2ccccc2-c2c(-c3cccc4ccccc34)nc(-c3ccccc3)nc21. The predicted octanol–water partition coefficient (Wildman–Crippen LogP) is 12.7. The van der Waals surface area contributed by atoms with E-state index >= 15 is 0 Å². The fourth-order valence-corrected chi connectivity index (χ4v) is 8.62. The maximum absolute atomic E-state index is 5.61. The zero-order chi connectivity index (χ0) is 36.1. The van der Waals surface area contributed by atoms with Gasteiger partial charge in [-0.1, -0.05) is 183 Å². The molecule has 1 atom stereocenters. The average molecular weight is 690 g/mol. The summed E-state index contributed by atoms with van der Waals surface area (Å²) in [6, 6.07) is 62.1. The molecule has 2 aromatic heterocycles. The molecule has 3 nitrogen and oxygen atoms in total. The standard InChI is InChI=1S/C51H35N3/c1-2-37(25-18-34-54-45-32-15-12-27-40(45)41-28-13-16-33-46(41)54)51(38-23-7-4-8-24-38)44-31-14-11-29-43(44)47-48(42-30-17-22-35-19-9-10-26-39(35)42)52-50(53-49(47)51)36-20-5-3-6-21-36/h2-34H,1H2/b34-18+,37-25+. The van der Waals surface area contributed by atoms with Crippen LogP contribution in [0.3, 0.4) is 0 Å². The van der Waals surface area contributed by atoms with Crippen LogP contribution in [0.4, 0.5) is 0 Å². The molecule has 1 unspecified atom stereocenters. The highest BCUT2D eigenvalue weighted by Crippen LogP contribution is 2.58. The second-order valence-corrected chi connectivity index (χ2v) is 13.7. The molecule has 0 bridgehead atoms. The lowest BCUT2D eigenvalue weighted by molar-refractivity contribution is 0.735. The van der Waals surface area contributed by atoms with Gasteiger partial charge in [-0.15, -0.1) is 0 Å². The van der Waals surface area contributed by atoms with Crippen molar-refractivity contribution in [1.82, 2.24) is 14.5 Å². The first-order chi connectivity index (χ1) is 26.8. The first-order valence-corrected chi connectivity index (χ1v) is 18.4. The maximum Gasteiger partial charge on any atom is 0.160 e. The monoisotopic (exact) mass is 689 g/mol. The van der Waals surface area contributed by atoms with E-state index in [9.17, 15) is 0 Å². The van der Waals surface area contributed by atoms with Crippen LogP contribution in [-0.4, -0.2) is 14.5 Å². The highest BCUT2D eigenvalue weighted by atomic mass is 15.0. The summed E-state index contributed by atoms with van der Waals surface area (Å²) in [6.45, 7) is 4.49. The minimum Gasteiger partial charge on any atom is -0.316 e. The summed E-state index contributed by atoms with van der Waals surface area (Å²) in [5, 5.41) is 4.79. The number of benzene rings is 7. The van der Waals surface area contributed by atoms with Crippen LogP contribution in [0.2, 0.25) is 0 Å². The number of fused-ring (bicyclic) bond motifs is 7. The molecule has 2 heterocycles. The summed E-state index contributed by atoms with van der Waals surface area (Å²) < 4.78 is 2.28. The van der Waals surface area contributed by atoms with Crippen molar-refractivity contribution in [3.63, 3.8) is 0 Å². The number of hydrogen-bond donors (Lipinski definition) is 0. The Morgan fingerprint density at radius 1 is 0.556 bits per heavy atom. The summed E-state index contributed by atoms with van der Waals surface area (Å²) in [7, 11) is 0. The van der Waals surface area contributed by atoms with Crippen LogP contribution in [0, 0.1) is 0 Å². The third-order valence-electron chi connectivity index (χ3n) is 10.9. The molecule has 9 aromatic rings. The van der Waals surface area contributed by atoms with Crippen LogP contribution in [0.5, 0.6) is 0 Å². The number of rotatable bonds is 7. The summed E-state index contributed by atoms with van der Waals surface area (Å²) >= 11 is 0. The van der Waals surface area contributed by atoms with Gasteiger partial charge in [-0.25, -0.2) is 9.97 Å². The van der Waals surface area contributed by atoms with Gasteiger partial charge in [-0.05, 0) is 51.2 Å². The van der Waals surface area contributed by atoms with Crippen LogP contribution in [0.15, 0.2) is 206 Å². The molecule has 254 valence electrons. The first-order valence-electron chi connectivity index (χ1n) is 18.4. The van der Waals surface area contributed by atoms with Gasteiger partial charge in [0.1, 0.15) is 0 Å². The molecule has 3 heteroatoms. The van der Waals surface area contributed by atoms with E-state index in [1.54, 1.807) is 0 Å². The lowest BCUT2D eigenvalue weighted by Gasteiger charge is -2.33. The zero-order valence-electron chi connectivity index (χ0n) is 29.6. The third kappa shape index (κ3) is 4.76. The van der Waals surface area contributed by atoms with E-state index in [1.165, 1.54) is 16.2 Å². The number of aromatic nitrogens is 3. The third-order valence-corrected chi connectivity index (χ3v) is 10.9. The van der Waals surface area contributed by atoms with Crippen LogP contribution in [0.1, 0.15) is 16.8 Å². The van der Waals surface area contributed by atoms with Crippen molar-refractivity contribution in [2.24, 2.45) is 0 Å². The van der Waals surface area contributed by atoms with E-state index in [0.29, 0.717) is 5.82 Å². The number of allylic oxidation sites excluding steroid dienone is 4. The molecular formula is C51H35N3. The molecular weight excluding hydrogens is 655 g/mol. The molecule has 54 heavy (non-hydrogen) atoms. The smallest absolute Gasteiger partial charge is 0.160 e. The van der Waals surface area contributed by atoms with Gasteiger partial charge in [0.2, 0.25) is 0 Å². The van der Waals surface area contributed by atoms with Crippen LogP contribution in [0.25, 0.3) is 72.6 Å². The molecule has 0 radical (unpaired) electrons. The molecule has 7 aromatic carbocycles. The Kier molecular flexibility index (Phi) is 7.52. The van der Waals surface area contributed by atoms with E-state index in [1.807, 2.05) is 12.1 Å². The number of hydrogen-bond acceptors (Lipinski definition) is 2. The second-order valence-electron chi connectivity index (χ2n) is 13.7. The predicted molar refractivity (Wildman–Crippen MR) is 225 cm³/mol. The molecule has 0 saturated heterocycles. The second kappa shape index (κ2) is 12.8. The van der Waals surface area contributed by atoms with Crippen molar-refractivity contribution in [2.45, 2.75) is 5.41 Å². The Morgan fingerprint density at radius 3 is 1.89 bits per heavy atom. The summed E-state index contributed by atoms with van der Waals surface area (Å²) in [5.41, 5.74) is 10.9. The summed E-state index contributed by atoms with van der Waals surface area (Å²) in [6.07, 6.45) is 8.56. The van der Waals surface area contributed by atoms with Gasteiger partial charge in [0.15, 0.2) is 5.82 Å². The molecule has 0 fully saturated rings. The Morgan fingerprint density at radius 2 is 1.15 bits per heavy atom. The molecule has 0 saturated carbocycles. The van der Waals surface area contributed by atoms with E-state index in [-0.39, 0.29) is 0 Å². The Balaban J connectivity index is 1.29. The first kappa shape index (κ1) is 31.6. The Labute approximate surface area is 314 Å². The zero-order valence-corrected chi connectivity index (χ0v) is 29.6. The molecule has 1 aliphatic rings. The van der Waals surface area contributed by atoms with Gasteiger partial charge in [0.05, 0.1) is 27.8 Å². The van der Waals surface area contributed by atoms with Gasteiger partial charge in [-0.2, -0.15) is 0 Å². The normalized spacial score (nSPS) is 15.2. The van der Waals surface area contributed by atoms with E-state index in [2.05, 4.69) is 199 Å². The summed E-state index contributed by atoms with van der Waals surface area (Å²) in [4.78, 5) is 11.1. The highest BCUT2D eigenvalue weighted by Gasteiger charge is 2.49. The lowest BCUT2D eigenvalue weighted by Crippen LogP contribution is -2.30. The summed E-state index contributed by atoms with van der Waals surface area (Å²) in [5.74, 6) is 0.689. The van der Waals surface area contributed by atoms with E-state index in [0.717, 1.165) is 66.8 Å². The van der Waals surface area contributed by atoms with E-state index in [4.69, 9.17) is 9.97 Å². The van der Waals surface area contributed by atoms with Gasteiger partial charge in [-0.3, -0.25) is 0 Å². The Bertz CT molecular complexity index is 2890. The van der Waals surface area contributed by atoms with Crippen molar-refractivity contribution in [3.05, 3.63) is 223 Å². The van der Waals surface area contributed by atoms with Crippen molar-refractivity contribution < 1.29 is 0 Å². The topological polar surface area (TPSA) is 30.7 Å². The largest absolute Gasteiger partial charge is 0.316 e. The van der Waals surface area contributed by atoms with Crippen LogP contribution >= 0.6 is 0 Å². The van der Waals surface area contributed by atoms with Gasteiger partial charge < -0.3 is 4.57 Å². The van der Waals surface area contributed by atoms with Crippen molar-refractivity contribution in [1.29, 1.82) is 0 Å². The fraction of sp³-hybridized carbons (Fsp3) is 0.0196.